The summed E-state index contributed by atoms with van der Waals surface area (Å²) in [5.41, 5.74) is 1.79. The second kappa shape index (κ2) is 4.64. The molecule has 1 aromatic carbocycles. The second-order valence-electron chi connectivity index (χ2n) is 12.1. The third-order valence-corrected chi connectivity index (χ3v) is 12.3. The maximum Gasteiger partial charge on any atom is 0.119 e. The SMILES string of the molecule is OC[C@@]1(COc2ccccc2)[C@H]2[C@@H]3CC[C@H]4[C@@H]5[C@@H]6CC=C7[C@H]6[C@@H]6[C@H]5[C@H]([C@@H]34)[C@@H]2[C@@H]6[C@@H]71. The highest BCUT2D eigenvalue weighted by Gasteiger charge is 2.86. The quantitative estimate of drug-likeness (QED) is 0.784. The third kappa shape index (κ3) is 1.36. The van der Waals surface area contributed by atoms with Crippen LogP contribution in [0.15, 0.2) is 42.0 Å². The Morgan fingerprint density at radius 1 is 0.862 bits per heavy atom. The predicted octanol–water partition coefficient (Wildman–Crippen LogP) is 4.26. The Kier molecular flexibility index (Phi) is 2.48. The Morgan fingerprint density at radius 3 is 2.52 bits per heavy atom. The van der Waals surface area contributed by atoms with Gasteiger partial charge in [0, 0.05) is 5.41 Å². The van der Waals surface area contributed by atoms with Crippen LogP contribution in [0.3, 0.4) is 0 Å². The minimum Gasteiger partial charge on any atom is -0.493 e. The fourth-order valence-electron chi connectivity index (χ4n) is 12.6. The molecule has 0 bridgehead atoms. The Balaban J connectivity index is 1.24. The maximum atomic E-state index is 11.1. The number of benzene rings is 1. The van der Waals surface area contributed by atoms with Crippen molar-refractivity contribution in [2.24, 2.45) is 82.3 Å². The van der Waals surface area contributed by atoms with Gasteiger partial charge in [0.1, 0.15) is 5.75 Å². The van der Waals surface area contributed by atoms with Gasteiger partial charge in [-0.05, 0) is 108 Å². The number of aliphatic hydroxyl groups excluding tert-OH is 1. The Hall–Kier alpha value is -1.28. The lowest BCUT2D eigenvalue weighted by molar-refractivity contribution is -0.0199. The zero-order chi connectivity index (χ0) is 18.6. The molecule has 9 rings (SSSR count). The van der Waals surface area contributed by atoms with E-state index in [1.54, 1.807) is 0 Å². The highest BCUT2D eigenvalue weighted by Crippen LogP contribution is 2.90. The molecule has 29 heavy (non-hydrogen) atoms. The molecule has 0 amide bonds. The molecule has 0 aromatic heterocycles. The van der Waals surface area contributed by atoms with Crippen molar-refractivity contribution in [3.63, 3.8) is 0 Å². The summed E-state index contributed by atoms with van der Waals surface area (Å²) in [6.07, 6.45) is 6.99. The highest BCUT2D eigenvalue weighted by atomic mass is 16.5. The van der Waals surface area contributed by atoms with E-state index in [4.69, 9.17) is 4.74 Å². The van der Waals surface area contributed by atoms with E-state index in [9.17, 15) is 5.11 Å². The number of hydrogen-bond donors (Lipinski definition) is 1. The lowest BCUT2D eigenvalue weighted by Gasteiger charge is -2.42. The van der Waals surface area contributed by atoms with Crippen LogP contribution in [0, 0.1) is 82.3 Å². The summed E-state index contributed by atoms with van der Waals surface area (Å²) in [5.74, 6) is 13.1. The van der Waals surface area contributed by atoms with Crippen molar-refractivity contribution in [2.75, 3.05) is 13.2 Å². The van der Waals surface area contributed by atoms with Crippen LogP contribution < -0.4 is 4.74 Å². The van der Waals surface area contributed by atoms with E-state index >= 15 is 0 Å². The lowest BCUT2D eigenvalue weighted by Crippen LogP contribution is -2.45. The number of aliphatic hydroxyl groups is 1. The number of hydrogen-bond acceptors (Lipinski definition) is 2. The van der Waals surface area contributed by atoms with Crippen LogP contribution in [-0.4, -0.2) is 18.3 Å². The second-order valence-corrected chi connectivity index (χ2v) is 12.1. The molecule has 0 spiro atoms. The van der Waals surface area contributed by atoms with Crippen molar-refractivity contribution in [3.8, 4) is 5.75 Å². The molecule has 2 nitrogen and oxygen atoms in total. The molecule has 1 N–H and O–H groups in total. The number of allylic oxidation sites excluding steroid dienone is 2. The molecule has 0 unspecified atom stereocenters. The first-order valence-electron chi connectivity index (χ1n) is 12.3. The molecule has 0 aliphatic heterocycles. The summed E-state index contributed by atoms with van der Waals surface area (Å²) in [7, 11) is 0. The van der Waals surface area contributed by atoms with Gasteiger partial charge in [-0.25, -0.2) is 0 Å². The van der Waals surface area contributed by atoms with E-state index in [0.717, 1.165) is 83.4 Å². The van der Waals surface area contributed by atoms with E-state index in [1.807, 2.05) is 5.57 Å². The number of rotatable bonds is 4. The fourth-order valence-corrected chi connectivity index (χ4v) is 12.6. The zero-order valence-electron chi connectivity index (χ0n) is 16.9. The van der Waals surface area contributed by atoms with E-state index in [-0.39, 0.29) is 5.41 Å². The average Bonchev–Trinajstić information content (AvgIpc) is 3.53. The summed E-state index contributed by atoms with van der Waals surface area (Å²) in [6, 6.07) is 10.4. The van der Waals surface area contributed by atoms with E-state index < -0.39 is 0 Å². The van der Waals surface area contributed by atoms with Gasteiger partial charge < -0.3 is 9.84 Å². The minimum atomic E-state index is -0.0272. The van der Waals surface area contributed by atoms with Crippen molar-refractivity contribution in [2.45, 2.75) is 19.3 Å². The summed E-state index contributed by atoms with van der Waals surface area (Å²) in [4.78, 5) is 0. The van der Waals surface area contributed by atoms with Crippen LogP contribution in [0.2, 0.25) is 0 Å². The number of fused-ring (bicyclic) bond motifs is 4. The summed E-state index contributed by atoms with van der Waals surface area (Å²) >= 11 is 0. The molecule has 2 heteroatoms. The smallest absolute Gasteiger partial charge is 0.119 e. The number of ether oxygens (including phenoxy) is 1. The van der Waals surface area contributed by atoms with Gasteiger partial charge in [-0.2, -0.15) is 0 Å². The van der Waals surface area contributed by atoms with Crippen LogP contribution in [0.25, 0.3) is 0 Å². The standard InChI is InChI=1S/C27H30O2/c28-10-27(11-29-12-4-2-1-3-5-12)25-15-8-6-13-17-14-7-9-16-19(14)22-20(17)21(18(13)15)23(25)24(22)26(16)27/h1-5,8,13-14,16-26,28H,6-7,9-11H2/t13-,14-,16+,17-,18-,19+,20-,21+,22-,23+,24+,25+,26-,27-/m0/s1. The Bertz CT molecular complexity index is 951. The third-order valence-electron chi connectivity index (χ3n) is 12.3. The molecule has 7 saturated carbocycles. The van der Waals surface area contributed by atoms with Crippen LogP contribution in [0.5, 0.6) is 5.75 Å². The normalized spacial score (nSPS) is 62.5. The molecule has 7 fully saturated rings. The van der Waals surface area contributed by atoms with E-state index in [2.05, 4.69) is 36.4 Å². The monoisotopic (exact) mass is 386 g/mol. The topological polar surface area (TPSA) is 29.5 Å². The first kappa shape index (κ1) is 15.5. The van der Waals surface area contributed by atoms with Gasteiger partial charge in [0.25, 0.3) is 0 Å². The summed E-state index contributed by atoms with van der Waals surface area (Å²) in [5, 5.41) is 11.1. The predicted molar refractivity (Wildman–Crippen MR) is 109 cm³/mol. The van der Waals surface area contributed by atoms with Gasteiger partial charge in [-0.15, -0.1) is 0 Å². The van der Waals surface area contributed by atoms with Gasteiger partial charge in [-0.3, -0.25) is 0 Å². The van der Waals surface area contributed by atoms with Crippen LogP contribution in [-0.2, 0) is 0 Å². The van der Waals surface area contributed by atoms with Gasteiger partial charge in [0.2, 0.25) is 0 Å². The van der Waals surface area contributed by atoms with Crippen molar-refractivity contribution in [3.05, 3.63) is 42.0 Å². The van der Waals surface area contributed by atoms with Gasteiger partial charge >= 0.3 is 0 Å². The van der Waals surface area contributed by atoms with Gasteiger partial charge in [-0.1, -0.05) is 29.8 Å². The minimum absolute atomic E-state index is 0.0272. The molecule has 1 aromatic rings. The van der Waals surface area contributed by atoms with Gasteiger partial charge in [0.15, 0.2) is 0 Å². The van der Waals surface area contributed by atoms with Gasteiger partial charge in [0.05, 0.1) is 13.2 Å². The first-order chi connectivity index (χ1) is 14.3. The van der Waals surface area contributed by atoms with E-state index in [1.165, 1.54) is 19.3 Å². The summed E-state index contributed by atoms with van der Waals surface area (Å²) < 4.78 is 6.50. The van der Waals surface area contributed by atoms with Crippen LogP contribution in [0.1, 0.15) is 19.3 Å². The molecule has 8 aliphatic carbocycles. The molecule has 8 aliphatic rings. The average molecular weight is 387 g/mol. The van der Waals surface area contributed by atoms with Crippen LogP contribution in [0.4, 0.5) is 0 Å². The molecular formula is C27H30O2. The van der Waals surface area contributed by atoms with E-state index in [0.29, 0.717) is 12.5 Å². The lowest BCUT2D eigenvalue weighted by atomic mass is 9.64. The van der Waals surface area contributed by atoms with Crippen molar-refractivity contribution < 1.29 is 9.84 Å². The van der Waals surface area contributed by atoms with Crippen molar-refractivity contribution >= 4 is 0 Å². The summed E-state index contributed by atoms with van der Waals surface area (Å²) in [6.45, 7) is 1.06. The molecule has 0 saturated heterocycles. The number of para-hydroxylation sites is 1. The molecule has 150 valence electrons. The largest absolute Gasteiger partial charge is 0.493 e. The Labute approximate surface area is 172 Å². The maximum absolute atomic E-state index is 11.1. The molecule has 0 radical (unpaired) electrons. The van der Waals surface area contributed by atoms with Crippen molar-refractivity contribution in [1.82, 2.24) is 0 Å². The fraction of sp³-hybridized carbons (Fsp3) is 0.704. The van der Waals surface area contributed by atoms with Crippen LogP contribution >= 0.6 is 0 Å². The molecular weight excluding hydrogens is 356 g/mol. The molecule has 0 heterocycles. The Morgan fingerprint density at radius 2 is 1.66 bits per heavy atom. The van der Waals surface area contributed by atoms with Crippen molar-refractivity contribution in [1.29, 1.82) is 0 Å². The first-order valence-corrected chi connectivity index (χ1v) is 12.3. The molecule has 14 atom stereocenters. The highest BCUT2D eigenvalue weighted by molar-refractivity contribution is 5.43. The zero-order valence-corrected chi connectivity index (χ0v) is 16.9.